The molecule has 10 nitrogen and oxygen atoms in total. The molecule has 0 spiro atoms. The molecule has 5 rings (SSSR count). The first-order valence-electron chi connectivity index (χ1n) is 14.4. The lowest BCUT2D eigenvalue weighted by molar-refractivity contribution is 0.000343. The fraction of sp³-hybridized carbons (Fsp3) is 0.533. The van der Waals surface area contributed by atoms with Crippen LogP contribution in [-0.4, -0.2) is 103 Å². The number of aromatic nitrogens is 2. The highest BCUT2D eigenvalue weighted by Crippen LogP contribution is 2.29. The van der Waals surface area contributed by atoms with Crippen LogP contribution in [-0.2, 0) is 31.6 Å². The largest absolute Gasteiger partial charge is 0.379 e. The van der Waals surface area contributed by atoms with E-state index in [1.165, 1.54) is 0 Å². The Balaban J connectivity index is 1.17. The first-order valence-corrected chi connectivity index (χ1v) is 15.7. The SMILES string of the molecule is CCOCCOCCOCCN1CC(N)(CNc2nc(N3CCS(=O)c4ccccc4C3)nc3ccc(C)cc23)C1. The molecule has 0 aliphatic carbocycles. The van der Waals surface area contributed by atoms with Crippen LogP contribution in [0.25, 0.3) is 10.9 Å². The highest BCUT2D eigenvalue weighted by molar-refractivity contribution is 7.85. The number of anilines is 2. The third-order valence-corrected chi connectivity index (χ3v) is 8.88. The van der Waals surface area contributed by atoms with Crippen LogP contribution in [0.3, 0.4) is 0 Å². The summed E-state index contributed by atoms with van der Waals surface area (Å²) < 4.78 is 29.3. The van der Waals surface area contributed by atoms with Crippen molar-refractivity contribution in [2.45, 2.75) is 30.8 Å². The minimum atomic E-state index is -1.04. The summed E-state index contributed by atoms with van der Waals surface area (Å²) in [5.74, 6) is 1.96. The van der Waals surface area contributed by atoms with Gasteiger partial charge in [-0.3, -0.25) is 9.11 Å². The minimum Gasteiger partial charge on any atom is -0.379 e. The van der Waals surface area contributed by atoms with Crippen LogP contribution in [0.5, 0.6) is 0 Å². The highest BCUT2D eigenvalue weighted by atomic mass is 32.2. The zero-order chi connectivity index (χ0) is 28.7. The molecule has 2 aromatic carbocycles. The summed E-state index contributed by atoms with van der Waals surface area (Å²) >= 11 is 0. The van der Waals surface area contributed by atoms with Crippen molar-refractivity contribution in [2.24, 2.45) is 5.73 Å². The van der Waals surface area contributed by atoms with Gasteiger partial charge in [0.05, 0.1) is 54.9 Å². The van der Waals surface area contributed by atoms with Crippen LogP contribution in [0.15, 0.2) is 47.4 Å². The molecule has 2 aliphatic heterocycles. The Kier molecular flexibility index (Phi) is 10.2. The number of nitrogens with two attached hydrogens (primary N) is 1. The molecule has 222 valence electrons. The van der Waals surface area contributed by atoms with Gasteiger partial charge in [0.15, 0.2) is 0 Å². The van der Waals surface area contributed by atoms with Gasteiger partial charge in [-0.15, -0.1) is 0 Å². The molecule has 1 saturated heterocycles. The fourth-order valence-electron chi connectivity index (χ4n) is 5.27. The Morgan fingerprint density at radius 3 is 2.59 bits per heavy atom. The predicted molar refractivity (Wildman–Crippen MR) is 163 cm³/mol. The van der Waals surface area contributed by atoms with Crippen molar-refractivity contribution in [1.82, 2.24) is 14.9 Å². The Morgan fingerprint density at radius 2 is 1.78 bits per heavy atom. The third-order valence-electron chi connectivity index (χ3n) is 7.43. The maximum Gasteiger partial charge on any atom is 0.228 e. The van der Waals surface area contributed by atoms with E-state index in [2.05, 4.69) is 34.2 Å². The van der Waals surface area contributed by atoms with Gasteiger partial charge in [0, 0.05) is 61.9 Å². The number of fused-ring (bicyclic) bond motifs is 2. The average Bonchev–Trinajstić information content (AvgIpc) is 3.13. The number of benzene rings is 2. The molecule has 3 N–H and O–H groups in total. The molecular formula is C30H42N6O4S. The van der Waals surface area contributed by atoms with Gasteiger partial charge in [0.25, 0.3) is 0 Å². The Morgan fingerprint density at radius 1 is 1.02 bits per heavy atom. The van der Waals surface area contributed by atoms with Crippen LogP contribution in [0.1, 0.15) is 18.1 Å². The van der Waals surface area contributed by atoms with Crippen molar-refractivity contribution in [3.63, 3.8) is 0 Å². The molecule has 1 atom stereocenters. The maximum atomic E-state index is 12.8. The summed E-state index contributed by atoms with van der Waals surface area (Å²) in [6.07, 6.45) is 0. The average molecular weight is 583 g/mol. The van der Waals surface area contributed by atoms with Crippen LogP contribution < -0.4 is 16.0 Å². The summed E-state index contributed by atoms with van der Waals surface area (Å²) in [6, 6.07) is 14.2. The van der Waals surface area contributed by atoms with E-state index >= 15 is 0 Å². The summed E-state index contributed by atoms with van der Waals surface area (Å²) in [6.45, 7) is 12.1. The highest BCUT2D eigenvalue weighted by Gasteiger charge is 2.39. The molecule has 1 fully saturated rings. The molecule has 3 heterocycles. The maximum absolute atomic E-state index is 12.8. The summed E-state index contributed by atoms with van der Waals surface area (Å²) in [5, 5.41) is 4.53. The van der Waals surface area contributed by atoms with Crippen LogP contribution in [0.4, 0.5) is 11.8 Å². The van der Waals surface area contributed by atoms with Gasteiger partial charge >= 0.3 is 0 Å². The first kappa shape index (κ1) is 29.8. The quantitative estimate of drug-likeness (QED) is 0.275. The van der Waals surface area contributed by atoms with Gasteiger partial charge in [0.2, 0.25) is 5.95 Å². The molecule has 11 heteroatoms. The lowest BCUT2D eigenvalue weighted by Crippen LogP contribution is -2.70. The molecule has 1 aromatic heterocycles. The van der Waals surface area contributed by atoms with E-state index in [9.17, 15) is 4.21 Å². The second-order valence-electron chi connectivity index (χ2n) is 10.8. The summed E-state index contributed by atoms with van der Waals surface area (Å²) in [5.41, 5.74) is 9.46. The van der Waals surface area contributed by atoms with E-state index in [0.29, 0.717) is 71.0 Å². The lowest BCUT2D eigenvalue weighted by atomic mass is 9.91. The molecular weight excluding hydrogens is 540 g/mol. The number of aryl methyl sites for hydroxylation is 1. The lowest BCUT2D eigenvalue weighted by Gasteiger charge is -2.47. The second-order valence-corrected chi connectivity index (χ2v) is 12.4. The van der Waals surface area contributed by atoms with Crippen molar-refractivity contribution < 1.29 is 18.4 Å². The number of nitrogens with one attached hydrogen (secondary N) is 1. The molecule has 2 aliphatic rings. The molecule has 0 saturated carbocycles. The summed E-state index contributed by atoms with van der Waals surface area (Å²) in [4.78, 5) is 15.2. The van der Waals surface area contributed by atoms with E-state index < -0.39 is 10.8 Å². The molecule has 41 heavy (non-hydrogen) atoms. The molecule has 1 unspecified atom stereocenters. The monoisotopic (exact) mass is 582 g/mol. The van der Waals surface area contributed by atoms with Crippen molar-refractivity contribution >= 4 is 33.5 Å². The minimum absolute atomic E-state index is 0.345. The molecule has 0 amide bonds. The Hall–Kier alpha value is -2.67. The number of nitrogens with zero attached hydrogens (tertiary/aromatic N) is 4. The molecule has 0 radical (unpaired) electrons. The fourth-order valence-corrected chi connectivity index (χ4v) is 6.53. The Bertz CT molecular complexity index is 1340. The topological polar surface area (TPSA) is 115 Å². The summed E-state index contributed by atoms with van der Waals surface area (Å²) in [7, 11) is -1.04. The van der Waals surface area contributed by atoms with Crippen molar-refractivity contribution in [1.29, 1.82) is 0 Å². The van der Waals surface area contributed by atoms with E-state index in [4.69, 9.17) is 29.9 Å². The number of hydrogen-bond donors (Lipinski definition) is 2. The van der Waals surface area contributed by atoms with Crippen LogP contribution in [0, 0.1) is 6.92 Å². The number of likely N-dealkylation sites (tertiary alicyclic amines) is 1. The van der Waals surface area contributed by atoms with Gasteiger partial charge in [-0.25, -0.2) is 4.98 Å². The Labute approximate surface area is 245 Å². The van der Waals surface area contributed by atoms with E-state index in [-0.39, 0.29) is 5.54 Å². The van der Waals surface area contributed by atoms with E-state index in [0.717, 1.165) is 52.4 Å². The van der Waals surface area contributed by atoms with Gasteiger partial charge in [-0.2, -0.15) is 4.98 Å². The van der Waals surface area contributed by atoms with Crippen LogP contribution in [0.2, 0.25) is 0 Å². The van der Waals surface area contributed by atoms with Gasteiger partial charge in [-0.1, -0.05) is 29.8 Å². The molecule has 0 bridgehead atoms. The van der Waals surface area contributed by atoms with Gasteiger partial charge in [0.1, 0.15) is 5.82 Å². The number of hydrogen-bond acceptors (Lipinski definition) is 10. The zero-order valence-corrected chi connectivity index (χ0v) is 25.0. The molecule has 3 aromatic rings. The van der Waals surface area contributed by atoms with Crippen molar-refractivity contribution in [2.75, 3.05) is 88.3 Å². The van der Waals surface area contributed by atoms with Crippen molar-refractivity contribution in [3.8, 4) is 0 Å². The number of ether oxygens (including phenoxy) is 3. The van der Waals surface area contributed by atoms with E-state index in [1.807, 2.05) is 37.3 Å². The zero-order valence-electron chi connectivity index (χ0n) is 24.1. The number of rotatable bonds is 14. The van der Waals surface area contributed by atoms with Crippen LogP contribution >= 0.6 is 0 Å². The standard InChI is InChI=1S/C30H42N6O4S/c1-3-38-13-14-40-16-15-39-12-10-35-21-30(31,22-35)20-32-28-25-18-23(2)8-9-26(25)33-29(34-28)36-11-17-41(37)27-7-5-4-6-24(27)19-36/h4-9,18H,3,10-17,19-22,31H2,1-2H3,(H,32,33,34). The van der Waals surface area contributed by atoms with E-state index in [1.54, 1.807) is 0 Å². The van der Waals surface area contributed by atoms with Gasteiger partial charge in [-0.05, 0) is 37.6 Å². The predicted octanol–water partition coefficient (Wildman–Crippen LogP) is 2.56. The second kappa shape index (κ2) is 14.0. The smallest absolute Gasteiger partial charge is 0.228 e. The van der Waals surface area contributed by atoms with Gasteiger partial charge < -0.3 is 30.2 Å². The third kappa shape index (κ3) is 7.79. The normalized spacial score (nSPS) is 18.6. The first-order chi connectivity index (χ1) is 19.9. The van der Waals surface area contributed by atoms with Crippen molar-refractivity contribution in [3.05, 3.63) is 53.6 Å².